The minimum absolute atomic E-state index is 0.0155. The molecule has 0 aliphatic heterocycles. The highest BCUT2D eigenvalue weighted by atomic mass is 35.5. The van der Waals surface area contributed by atoms with Gasteiger partial charge in [-0.25, -0.2) is 0 Å². The lowest BCUT2D eigenvalue weighted by atomic mass is 10.3. The van der Waals surface area contributed by atoms with Crippen LogP contribution in [0.3, 0.4) is 0 Å². The maximum atomic E-state index is 11.3. The smallest absolute Gasteiger partial charge is 0.288 e. The lowest BCUT2D eigenvalue weighted by Crippen LogP contribution is -2.46. The molecule has 0 spiro atoms. The van der Waals surface area contributed by atoms with Crippen molar-refractivity contribution in [3.05, 3.63) is 33.3 Å². The summed E-state index contributed by atoms with van der Waals surface area (Å²) in [7, 11) is 0. The number of benzene rings is 1. The molecule has 1 aromatic carbocycles. The molecule has 1 saturated carbocycles. The zero-order valence-corrected chi connectivity index (χ0v) is 11.3. The SMILES string of the molecule is NC(=O)C(COc1ccc([N+](=O)[O-])c(Cl)c1)NC1CC1. The van der Waals surface area contributed by atoms with Gasteiger partial charge < -0.3 is 15.8 Å². The molecule has 20 heavy (non-hydrogen) atoms. The molecule has 1 amide bonds. The zero-order chi connectivity index (χ0) is 14.7. The van der Waals surface area contributed by atoms with Crippen LogP contribution >= 0.6 is 11.6 Å². The predicted octanol–water partition coefficient (Wildman–Crippen LogP) is 1.23. The van der Waals surface area contributed by atoms with Gasteiger partial charge in [0.1, 0.15) is 23.4 Å². The third-order valence-electron chi connectivity index (χ3n) is 2.89. The van der Waals surface area contributed by atoms with Crippen LogP contribution in [0.2, 0.25) is 5.02 Å². The Bertz CT molecular complexity index is 533. The number of halogens is 1. The predicted molar refractivity (Wildman–Crippen MR) is 72.7 cm³/mol. The molecule has 0 aromatic heterocycles. The molecule has 0 heterocycles. The van der Waals surface area contributed by atoms with E-state index in [1.54, 1.807) is 0 Å². The average Bonchev–Trinajstić information content (AvgIpc) is 3.17. The van der Waals surface area contributed by atoms with Crippen molar-refractivity contribution >= 4 is 23.2 Å². The standard InChI is InChI=1S/C12H14ClN3O4/c13-9-5-8(3-4-11(9)16(18)19)20-6-10(12(14)17)15-7-1-2-7/h3-5,7,10,15H,1-2,6H2,(H2,14,17). The molecule has 7 nitrogen and oxygen atoms in total. The number of nitrogens with two attached hydrogens (primary N) is 1. The van der Waals surface area contributed by atoms with Crippen molar-refractivity contribution in [2.75, 3.05) is 6.61 Å². The number of amides is 1. The highest BCUT2D eigenvalue weighted by molar-refractivity contribution is 6.32. The first kappa shape index (κ1) is 14.5. The molecule has 8 heteroatoms. The minimum atomic E-state index is -0.587. The lowest BCUT2D eigenvalue weighted by Gasteiger charge is -2.16. The first-order chi connectivity index (χ1) is 9.47. The molecule has 3 N–H and O–H groups in total. The van der Waals surface area contributed by atoms with Crippen LogP contribution in [0.1, 0.15) is 12.8 Å². The van der Waals surface area contributed by atoms with Crippen LogP contribution in [-0.4, -0.2) is 29.5 Å². The van der Waals surface area contributed by atoms with Crippen molar-refractivity contribution in [3.63, 3.8) is 0 Å². The highest BCUT2D eigenvalue weighted by Crippen LogP contribution is 2.28. The number of hydrogen-bond donors (Lipinski definition) is 2. The van der Waals surface area contributed by atoms with Crippen molar-refractivity contribution in [2.24, 2.45) is 5.73 Å². The van der Waals surface area contributed by atoms with Gasteiger partial charge in [0, 0.05) is 18.2 Å². The summed E-state index contributed by atoms with van der Waals surface area (Å²) < 4.78 is 5.40. The summed E-state index contributed by atoms with van der Waals surface area (Å²) in [5, 5.41) is 13.7. The monoisotopic (exact) mass is 299 g/mol. The third-order valence-corrected chi connectivity index (χ3v) is 3.19. The molecule has 1 fully saturated rings. The number of carbonyl (C=O) groups is 1. The molecule has 0 saturated heterocycles. The third kappa shape index (κ3) is 3.82. The van der Waals surface area contributed by atoms with Crippen molar-refractivity contribution < 1.29 is 14.5 Å². The maximum Gasteiger partial charge on any atom is 0.288 e. The number of nitro benzene ring substituents is 1. The summed E-state index contributed by atoms with van der Waals surface area (Å²) >= 11 is 5.77. The molecule has 1 atom stereocenters. The van der Waals surface area contributed by atoms with Gasteiger partial charge in [0.05, 0.1) is 4.92 Å². The van der Waals surface area contributed by atoms with Gasteiger partial charge in [0.15, 0.2) is 0 Å². The summed E-state index contributed by atoms with van der Waals surface area (Å²) in [5.74, 6) is -0.144. The van der Waals surface area contributed by atoms with Gasteiger partial charge in [0.2, 0.25) is 5.91 Å². The van der Waals surface area contributed by atoms with Crippen LogP contribution in [-0.2, 0) is 4.79 Å². The number of carbonyl (C=O) groups excluding carboxylic acids is 1. The molecule has 1 aliphatic carbocycles. The van der Waals surface area contributed by atoms with E-state index < -0.39 is 16.9 Å². The molecule has 108 valence electrons. The van der Waals surface area contributed by atoms with Gasteiger partial charge >= 0.3 is 0 Å². The molecule has 0 bridgehead atoms. The Hall–Kier alpha value is -1.86. The van der Waals surface area contributed by atoms with Crippen LogP contribution < -0.4 is 15.8 Å². The van der Waals surface area contributed by atoms with Crippen LogP contribution in [0.4, 0.5) is 5.69 Å². The molecule has 1 aromatic rings. The number of ether oxygens (including phenoxy) is 1. The van der Waals surface area contributed by atoms with Crippen LogP contribution in [0, 0.1) is 10.1 Å². The highest BCUT2D eigenvalue weighted by Gasteiger charge is 2.27. The number of nitro groups is 1. The first-order valence-corrected chi connectivity index (χ1v) is 6.47. The van der Waals surface area contributed by atoms with E-state index in [0.717, 1.165) is 12.8 Å². The van der Waals surface area contributed by atoms with E-state index in [1.165, 1.54) is 18.2 Å². The van der Waals surface area contributed by atoms with Crippen molar-refractivity contribution in [2.45, 2.75) is 24.9 Å². The molecule has 1 unspecified atom stereocenters. The van der Waals surface area contributed by atoms with E-state index in [9.17, 15) is 14.9 Å². The second-order valence-electron chi connectivity index (χ2n) is 4.58. The Morgan fingerprint density at radius 3 is 2.80 bits per heavy atom. The van der Waals surface area contributed by atoms with Crippen LogP contribution in [0.5, 0.6) is 5.75 Å². The van der Waals surface area contributed by atoms with Crippen molar-refractivity contribution in [3.8, 4) is 5.75 Å². The number of nitrogens with zero attached hydrogens (tertiary/aromatic N) is 1. The Labute approximate surface area is 120 Å². The topological polar surface area (TPSA) is 107 Å². The van der Waals surface area contributed by atoms with Gasteiger partial charge in [-0.05, 0) is 18.9 Å². The van der Waals surface area contributed by atoms with Gasteiger partial charge in [-0.1, -0.05) is 11.6 Å². The van der Waals surface area contributed by atoms with Crippen LogP contribution in [0.15, 0.2) is 18.2 Å². The van der Waals surface area contributed by atoms with E-state index in [4.69, 9.17) is 22.1 Å². The van der Waals surface area contributed by atoms with Crippen molar-refractivity contribution in [1.29, 1.82) is 0 Å². The van der Waals surface area contributed by atoms with Gasteiger partial charge in [-0.3, -0.25) is 14.9 Å². The number of rotatable bonds is 7. The number of hydrogen-bond acceptors (Lipinski definition) is 5. The second kappa shape index (κ2) is 6.06. The van der Waals surface area contributed by atoms with E-state index in [1.807, 2.05) is 0 Å². The van der Waals surface area contributed by atoms with Crippen molar-refractivity contribution in [1.82, 2.24) is 5.32 Å². The van der Waals surface area contributed by atoms with Gasteiger partial charge in [-0.15, -0.1) is 0 Å². The Balaban J connectivity index is 1.96. The van der Waals surface area contributed by atoms with Gasteiger partial charge in [-0.2, -0.15) is 0 Å². The normalized spacial score (nSPS) is 15.7. The Morgan fingerprint density at radius 2 is 2.30 bits per heavy atom. The first-order valence-electron chi connectivity index (χ1n) is 6.09. The summed E-state index contributed by atoms with van der Waals surface area (Å²) in [4.78, 5) is 21.3. The number of nitrogens with one attached hydrogen (secondary N) is 1. The fraction of sp³-hybridized carbons (Fsp3) is 0.417. The van der Waals surface area contributed by atoms with E-state index in [2.05, 4.69) is 5.32 Å². The molecular weight excluding hydrogens is 286 g/mol. The molecular formula is C12H14ClN3O4. The second-order valence-corrected chi connectivity index (χ2v) is 4.98. The van der Waals surface area contributed by atoms with Gasteiger partial charge in [0.25, 0.3) is 5.69 Å². The van der Waals surface area contributed by atoms with Crippen LogP contribution in [0.25, 0.3) is 0 Å². The summed E-state index contributed by atoms with van der Waals surface area (Å²) in [6.07, 6.45) is 2.04. The summed E-state index contributed by atoms with van der Waals surface area (Å²) in [6, 6.07) is 3.76. The molecule has 0 radical (unpaired) electrons. The maximum absolute atomic E-state index is 11.3. The fourth-order valence-corrected chi connectivity index (χ4v) is 1.89. The summed E-state index contributed by atoms with van der Waals surface area (Å²) in [6.45, 7) is 0.0555. The van der Waals surface area contributed by atoms with E-state index >= 15 is 0 Å². The quantitative estimate of drug-likeness (QED) is 0.581. The molecule has 1 aliphatic rings. The van der Waals surface area contributed by atoms with E-state index in [0.29, 0.717) is 11.8 Å². The number of primary amides is 1. The fourth-order valence-electron chi connectivity index (χ4n) is 1.65. The largest absolute Gasteiger partial charge is 0.491 e. The Kier molecular flexibility index (Phi) is 4.41. The minimum Gasteiger partial charge on any atom is -0.491 e. The van der Waals surface area contributed by atoms with E-state index in [-0.39, 0.29) is 17.3 Å². The lowest BCUT2D eigenvalue weighted by molar-refractivity contribution is -0.384. The summed E-state index contributed by atoms with van der Waals surface area (Å²) in [5.41, 5.74) is 5.08. The Morgan fingerprint density at radius 1 is 1.60 bits per heavy atom. The molecule has 2 rings (SSSR count). The average molecular weight is 300 g/mol. The zero-order valence-electron chi connectivity index (χ0n) is 10.5.